The molecule has 0 aromatic heterocycles. The van der Waals surface area contributed by atoms with Crippen molar-refractivity contribution in [1.82, 2.24) is 10.6 Å². The van der Waals surface area contributed by atoms with E-state index in [9.17, 15) is 12.8 Å². The lowest BCUT2D eigenvalue weighted by Gasteiger charge is -2.23. The van der Waals surface area contributed by atoms with Gasteiger partial charge in [-0.15, -0.1) is 0 Å². The standard InChI is InChI=1S/C20H32FN3O3S/c1-6-22-19(23-13-20(3,4)28(5,25)26)24-14(2)16-9-10-18(17(21)11-16)27-12-15-7-8-15/h9-11,14-15H,6-8,12-13H2,1-5H3,(H2,22,23,24). The van der Waals surface area contributed by atoms with Crippen molar-refractivity contribution in [2.24, 2.45) is 10.9 Å². The maximum Gasteiger partial charge on any atom is 0.191 e. The fourth-order valence-electron chi connectivity index (χ4n) is 2.39. The molecule has 2 rings (SSSR count). The summed E-state index contributed by atoms with van der Waals surface area (Å²) < 4.78 is 42.6. The molecule has 0 spiro atoms. The Morgan fingerprint density at radius 2 is 2.07 bits per heavy atom. The summed E-state index contributed by atoms with van der Waals surface area (Å²) in [7, 11) is -3.24. The highest BCUT2D eigenvalue weighted by Crippen LogP contribution is 2.30. The van der Waals surface area contributed by atoms with E-state index < -0.39 is 14.6 Å². The average Bonchev–Trinajstić information content (AvgIpc) is 3.42. The molecule has 1 aromatic rings. The summed E-state index contributed by atoms with van der Waals surface area (Å²) in [4.78, 5) is 4.41. The Morgan fingerprint density at radius 1 is 1.39 bits per heavy atom. The number of nitrogens with zero attached hydrogens (tertiary/aromatic N) is 1. The number of hydrogen-bond acceptors (Lipinski definition) is 4. The predicted molar refractivity (Wildman–Crippen MR) is 111 cm³/mol. The van der Waals surface area contributed by atoms with Crippen molar-refractivity contribution in [1.29, 1.82) is 0 Å². The van der Waals surface area contributed by atoms with Gasteiger partial charge in [0.2, 0.25) is 0 Å². The Bertz CT molecular complexity index is 805. The summed E-state index contributed by atoms with van der Waals surface area (Å²) in [6.07, 6.45) is 3.52. The number of halogens is 1. The minimum absolute atomic E-state index is 0.121. The monoisotopic (exact) mass is 413 g/mol. The molecule has 0 bridgehead atoms. The summed E-state index contributed by atoms with van der Waals surface area (Å²) in [6.45, 7) is 8.43. The van der Waals surface area contributed by atoms with Gasteiger partial charge in [0.05, 0.1) is 23.9 Å². The van der Waals surface area contributed by atoms with E-state index in [4.69, 9.17) is 4.74 Å². The smallest absolute Gasteiger partial charge is 0.191 e. The molecule has 1 aliphatic carbocycles. The largest absolute Gasteiger partial charge is 0.490 e. The predicted octanol–water partition coefficient (Wildman–Crippen LogP) is 3.05. The van der Waals surface area contributed by atoms with E-state index in [1.807, 2.05) is 19.9 Å². The van der Waals surface area contributed by atoms with Crippen LogP contribution in [0.3, 0.4) is 0 Å². The molecule has 1 saturated carbocycles. The highest BCUT2D eigenvalue weighted by Gasteiger charge is 2.30. The molecular weight excluding hydrogens is 381 g/mol. The molecule has 1 atom stereocenters. The maximum absolute atomic E-state index is 14.3. The van der Waals surface area contributed by atoms with Crippen molar-refractivity contribution in [3.05, 3.63) is 29.6 Å². The SMILES string of the molecule is CCNC(=NCC(C)(C)S(C)(=O)=O)NC(C)c1ccc(OCC2CC2)c(F)c1. The van der Waals surface area contributed by atoms with Crippen LogP contribution in [0.5, 0.6) is 5.75 Å². The van der Waals surface area contributed by atoms with Gasteiger partial charge in [-0.2, -0.15) is 0 Å². The van der Waals surface area contributed by atoms with Gasteiger partial charge >= 0.3 is 0 Å². The van der Waals surface area contributed by atoms with Gasteiger partial charge in [0.15, 0.2) is 27.4 Å². The molecule has 0 aliphatic heterocycles. The molecule has 8 heteroatoms. The van der Waals surface area contributed by atoms with Crippen molar-refractivity contribution < 1.29 is 17.5 Å². The van der Waals surface area contributed by atoms with E-state index in [-0.39, 0.29) is 24.2 Å². The number of hydrogen-bond donors (Lipinski definition) is 2. The zero-order valence-corrected chi connectivity index (χ0v) is 18.2. The third-order valence-electron chi connectivity index (χ3n) is 4.95. The first-order valence-electron chi connectivity index (χ1n) is 9.70. The highest BCUT2D eigenvalue weighted by molar-refractivity contribution is 7.92. The molecule has 0 heterocycles. The van der Waals surface area contributed by atoms with Gasteiger partial charge in [-0.25, -0.2) is 12.8 Å². The van der Waals surface area contributed by atoms with E-state index in [1.54, 1.807) is 19.9 Å². The normalized spacial score (nSPS) is 16.6. The highest BCUT2D eigenvalue weighted by atomic mass is 32.2. The van der Waals surface area contributed by atoms with E-state index >= 15 is 0 Å². The van der Waals surface area contributed by atoms with E-state index in [0.717, 1.165) is 18.4 Å². The lowest BCUT2D eigenvalue weighted by atomic mass is 10.1. The number of benzene rings is 1. The Morgan fingerprint density at radius 3 is 2.61 bits per heavy atom. The minimum Gasteiger partial charge on any atom is -0.490 e. The second-order valence-electron chi connectivity index (χ2n) is 8.04. The van der Waals surface area contributed by atoms with Crippen LogP contribution >= 0.6 is 0 Å². The van der Waals surface area contributed by atoms with Gasteiger partial charge in [-0.3, -0.25) is 4.99 Å². The molecule has 0 amide bonds. The number of guanidine groups is 1. The number of ether oxygens (including phenoxy) is 1. The first-order valence-corrected chi connectivity index (χ1v) is 11.6. The zero-order valence-electron chi connectivity index (χ0n) is 17.4. The number of aliphatic imine (C=N–C) groups is 1. The summed E-state index contributed by atoms with van der Waals surface area (Å²) in [5, 5.41) is 6.30. The molecule has 1 aliphatic rings. The van der Waals surface area contributed by atoms with Gasteiger partial charge in [0, 0.05) is 12.8 Å². The second kappa shape index (κ2) is 9.11. The lowest BCUT2D eigenvalue weighted by molar-refractivity contribution is 0.285. The number of sulfone groups is 1. The molecule has 158 valence electrons. The van der Waals surface area contributed by atoms with Crippen molar-refractivity contribution in [3.8, 4) is 5.75 Å². The molecule has 2 N–H and O–H groups in total. The average molecular weight is 414 g/mol. The van der Waals surface area contributed by atoms with Crippen LogP contribution in [0.15, 0.2) is 23.2 Å². The number of rotatable bonds is 9. The molecule has 6 nitrogen and oxygen atoms in total. The van der Waals surface area contributed by atoms with Crippen molar-refractivity contribution >= 4 is 15.8 Å². The first-order chi connectivity index (χ1) is 13.0. The lowest BCUT2D eigenvalue weighted by Crippen LogP contribution is -2.41. The minimum atomic E-state index is -3.24. The Hall–Kier alpha value is -1.83. The Kier molecular flexibility index (Phi) is 7.31. The van der Waals surface area contributed by atoms with Crippen molar-refractivity contribution in [2.75, 3.05) is 26.0 Å². The summed E-state index contributed by atoms with van der Waals surface area (Å²) in [6, 6.07) is 4.73. The molecule has 1 fully saturated rings. The van der Waals surface area contributed by atoms with Gasteiger partial charge in [-0.1, -0.05) is 6.07 Å². The van der Waals surface area contributed by atoms with Crippen molar-refractivity contribution in [3.63, 3.8) is 0 Å². The molecule has 28 heavy (non-hydrogen) atoms. The van der Waals surface area contributed by atoms with Gasteiger partial charge in [-0.05, 0) is 64.2 Å². The van der Waals surface area contributed by atoms with E-state index in [2.05, 4.69) is 15.6 Å². The topological polar surface area (TPSA) is 79.8 Å². The van der Waals surface area contributed by atoms with Crippen LogP contribution < -0.4 is 15.4 Å². The third-order valence-corrected chi connectivity index (χ3v) is 7.08. The molecule has 0 saturated heterocycles. The number of nitrogens with one attached hydrogen (secondary N) is 2. The summed E-state index contributed by atoms with van der Waals surface area (Å²) in [5.41, 5.74) is 0.754. The third kappa shape index (κ3) is 6.36. The van der Waals surface area contributed by atoms with Crippen LogP contribution in [0.1, 0.15) is 52.1 Å². The summed E-state index contributed by atoms with van der Waals surface area (Å²) >= 11 is 0. The quantitative estimate of drug-likeness (QED) is 0.480. The van der Waals surface area contributed by atoms with E-state index in [0.29, 0.717) is 25.0 Å². The van der Waals surface area contributed by atoms with Crippen LogP contribution in [0.25, 0.3) is 0 Å². The van der Waals surface area contributed by atoms with Crippen LogP contribution in [0.2, 0.25) is 0 Å². The van der Waals surface area contributed by atoms with Crippen LogP contribution in [0.4, 0.5) is 4.39 Å². The van der Waals surface area contributed by atoms with E-state index in [1.165, 1.54) is 12.3 Å². The van der Waals surface area contributed by atoms with Crippen molar-refractivity contribution in [2.45, 2.75) is 51.3 Å². The summed E-state index contributed by atoms with van der Waals surface area (Å²) in [5.74, 6) is 0.946. The zero-order chi connectivity index (χ0) is 20.9. The first kappa shape index (κ1) is 22.5. The Balaban J connectivity index is 2.05. The maximum atomic E-state index is 14.3. The van der Waals surface area contributed by atoms with Crippen LogP contribution in [-0.4, -0.2) is 45.1 Å². The van der Waals surface area contributed by atoms with Crippen LogP contribution in [-0.2, 0) is 9.84 Å². The fourth-order valence-corrected chi connectivity index (χ4v) is 2.69. The fraction of sp³-hybridized carbons (Fsp3) is 0.650. The molecule has 1 unspecified atom stereocenters. The van der Waals surface area contributed by atoms with Crippen LogP contribution in [0, 0.1) is 11.7 Å². The van der Waals surface area contributed by atoms with Gasteiger partial charge < -0.3 is 15.4 Å². The van der Waals surface area contributed by atoms with Gasteiger partial charge in [0.25, 0.3) is 0 Å². The molecular formula is C20H32FN3O3S. The molecule has 1 aromatic carbocycles. The van der Waals surface area contributed by atoms with Gasteiger partial charge in [0.1, 0.15) is 0 Å². The second-order valence-corrected chi connectivity index (χ2v) is 10.7. The molecule has 0 radical (unpaired) electrons. The Labute approximate surface area is 167 Å².